The fourth-order valence-electron chi connectivity index (χ4n) is 3.70. The number of pyridine rings is 3. The summed E-state index contributed by atoms with van der Waals surface area (Å²) in [4.78, 5) is 15.3. The molecule has 35 heavy (non-hydrogen) atoms. The van der Waals surface area contributed by atoms with E-state index in [1.165, 1.54) is 0 Å². The summed E-state index contributed by atoms with van der Waals surface area (Å²) in [5.74, 6) is 0.280. The van der Waals surface area contributed by atoms with Gasteiger partial charge >= 0.3 is 0 Å². The number of anilines is 1. The fraction of sp³-hybridized carbons (Fsp3) is 0.185. The summed E-state index contributed by atoms with van der Waals surface area (Å²) in [7, 11) is 0. The smallest absolute Gasteiger partial charge is 0.170 e. The molecule has 0 unspecified atom stereocenters. The second-order valence-corrected chi connectivity index (χ2v) is 8.53. The maximum absolute atomic E-state index is 10.6. The van der Waals surface area contributed by atoms with Crippen molar-refractivity contribution in [3.05, 3.63) is 114 Å². The lowest BCUT2D eigenvalue weighted by atomic mass is 10.1. The number of hydrogen-bond donors (Lipinski definition) is 3. The van der Waals surface area contributed by atoms with Gasteiger partial charge in [-0.15, -0.1) is 0 Å². The van der Waals surface area contributed by atoms with E-state index in [-0.39, 0.29) is 5.75 Å². The summed E-state index contributed by atoms with van der Waals surface area (Å²) in [5, 5.41) is 17.5. The maximum atomic E-state index is 10.6. The van der Waals surface area contributed by atoms with Crippen LogP contribution in [0.1, 0.15) is 22.5 Å². The van der Waals surface area contributed by atoms with E-state index >= 15 is 0 Å². The Bertz CT molecular complexity index is 1170. The number of thiocarbonyl (C=S) groups is 1. The zero-order chi connectivity index (χ0) is 24.3. The third-order valence-electron chi connectivity index (χ3n) is 5.38. The van der Waals surface area contributed by atoms with Crippen LogP contribution in [0.5, 0.6) is 5.75 Å². The highest BCUT2D eigenvalue weighted by Gasteiger charge is 2.13. The van der Waals surface area contributed by atoms with Crippen molar-refractivity contribution < 1.29 is 5.11 Å². The Balaban J connectivity index is 1.39. The highest BCUT2D eigenvalue weighted by atomic mass is 32.1. The first-order chi connectivity index (χ1) is 17.2. The molecule has 0 amide bonds. The Labute approximate surface area is 210 Å². The highest BCUT2D eigenvalue weighted by Crippen LogP contribution is 2.22. The number of phenolic OH excluding ortho intramolecular Hbond substituents is 1. The first kappa shape index (κ1) is 24.3. The molecule has 3 N–H and O–H groups in total. The minimum atomic E-state index is 0.280. The number of aromatic hydroxyl groups is 1. The van der Waals surface area contributed by atoms with Gasteiger partial charge in [-0.25, -0.2) is 0 Å². The number of hydrogen-bond acceptors (Lipinski definition) is 6. The number of aromatic nitrogens is 3. The van der Waals surface area contributed by atoms with Gasteiger partial charge in [-0.05, 0) is 66.7 Å². The minimum absolute atomic E-state index is 0.280. The second-order valence-electron chi connectivity index (χ2n) is 8.12. The second kappa shape index (κ2) is 12.5. The molecule has 0 saturated carbocycles. The Morgan fingerprint density at radius 1 is 0.857 bits per heavy atom. The molecule has 0 bridgehead atoms. The fourth-order valence-corrected chi connectivity index (χ4v) is 3.92. The monoisotopic (exact) mass is 484 g/mol. The van der Waals surface area contributed by atoms with Crippen LogP contribution in [0.15, 0.2) is 91.5 Å². The van der Waals surface area contributed by atoms with Crippen LogP contribution >= 0.6 is 12.2 Å². The molecule has 0 aliphatic heterocycles. The Morgan fingerprint density at radius 3 is 2.23 bits per heavy atom. The molecule has 178 valence electrons. The number of benzene rings is 1. The zero-order valence-corrected chi connectivity index (χ0v) is 20.2. The van der Waals surface area contributed by atoms with Crippen LogP contribution in [0.4, 0.5) is 5.69 Å². The van der Waals surface area contributed by atoms with Crippen LogP contribution in [0.2, 0.25) is 0 Å². The summed E-state index contributed by atoms with van der Waals surface area (Å²) in [6.07, 6.45) is 7.81. The maximum Gasteiger partial charge on any atom is 0.170 e. The average Bonchev–Trinajstić information content (AvgIpc) is 2.88. The summed E-state index contributed by atoms with van der Waals surface area (Å²) in [6, 6.07) is 21.3. The number of rotatable bonds is 10. The number of phenols is 1. The first-order valence-electron chi connectivity index (χ1n) is 11.4. The quantitative estimate of drug-likeness (QED) is 0.287. The third kappa shape index (κ3) is 7.84. The van der Waals surface area contributed by atoms with Gasteiger partial charge in [-0.2, -0.15) is 0 Å². The standard InChI is InChI=1S/C27H28N6OS/c34-26-10-9-21(11-15-31-27(35)32-23-8-5-12-28-17-23)16-22(26)18-33(19-24-6-1-3-13-29-24)20-25-7-2-4-14-30-25/h1-10,12-14,16-17,34H,11,15,18-20H2,(H2,31,32,35). The van der Waals surface area contributed by atoms with Gasteiger partial charge in [0, 0.05) is 50.3 Å². The van der Waals surface area contributed by atoms with E-state index in [4.69, 9.17) is 12.2 Å². The lowest BCUT2D eigenvalue weighted by Crippen LogP contribution is -2.30. The van der Waals surface area contributed by atoms with E-state index in [9.17, 15) is 5.11 Å². The molecule has 0 aliphatic rings. The molecule has 3 heterocycles. The van der Waals surface area contributed by atoms with Crippen LogP contribution in [0.3, 0.4) is 0 Å². The molecular formula is C27H28N6OS. The van der Waals surface area contributed by atoms with Crippen LogP contribution in [-0.2, 0) is 26.1 Å². The van der Waals surface area contributed by atoms with E-state index < -0.39 is 0 Å². The van der Waals surface area contributed by atoms with Crippen molar-refractivity contribution in [2.45, 2.75) is 26.1 Å². The highest BCUT2D eigenvalue weighted by molar-refractivity contribution is 7.80. The Morgan fingerprint density at radius 2 is 1.60 bits per heavy atom. The first-order valence-corrected chi connectivity index (χ1v) is 11.8. The predicted octanol–water partition coefficient (Wildman–Crippen LogP) is 4.31. The van der Waals surface area contributed by atoms with Crippen LogP contribution in [-0.4, -0.2) is 36.6 Å². The van der Waals surface area contributed by atoms with Crippen LogP contribution in [0.25, 0.3) is 0 Å². The predicted molar refractivity (Wildman–Crippen MR) is 142 cm³/mol. The van der Waals surface area contributed by atoms with E-state index in [2.05, 4.69) is 36.6 Å². The molecular weight excluding hydrogens is 456 g/mol. The molecule has 0 spiro atoms. The van der Waals surface area contributed by atoms with Gasteiger partial charge in [-0.3, -0.25) is 19.9 Å². The van der Waals surface area contributed by atoms with Crippen molar-refractivity contribution >= 4 is 23.0 Å². The lowest BCUT2D eigenvalue weighted by Gasteiger charge is -2.22. The van der Waals surface area contributed by atoms with Gasteiger partial charge < -0.3 is 15.7 Å². The summed E-state index contributed by atoms with van der Waals surface area (Å²) >= 11 is 5.37. The van der Waals surface area contributed by atoms with Crippen molar-refractivity contribution in [1.29, 1.82) is 0 Å². The van der Waals surface area contributed by atoms with E-state index in [0.29, 0.717) is 31.3 Å². The molecule has 0 aliphatic carbocycles. The number of nitrogens with zero attached hydrogens (tertiary/aromatic N) is 4. The molecule has 0 atom stereocenters. The molecule has 7 nitrogen and oxygen atoms in total. The topological polar surface area (TPSA) is 86.2 Å². The van der Waals surface area contributed by atoms with E-state index in [1.54, 1.807) is 30.9 Å². The zero-order valence-electron chi connectivity index (χ0n) is 19.3. The molecule has 1 aromatic carbocycles. The summed E-state index contributed by atoms with van der Waals surface area (Å²) in [6.45, 7) is 2.54. The number of nitrogens with one attached hydrogen (secondary N) is 2. The van der Waals surface area contributed by atoms with Gasteiger partial charge in [-0.1, -0.05) is 24.3 Å². The molecule has 4 rings (SSSR count). The SMILES string of the molecule is Oc1ccc(CCNC(=S)Nc2cccnc2)cc1CN(Cc1ccccn1)Cc1ccccn1. The largest absolute Gasteiger partial charge is 0.508 e. The van der Waals surface area contributed by atoms with E-state index in [1.807, 2.05) is 54.6 Å². The van der Waals surface area contributed by atoms with Crippen LogP contribution in [0, 0.1) is 0 Å². The third-order valence-corrected chi connectivity index (χ3v) is 5.63. The van der Waals surface area contributed by atoms with Gasteiger partial charge in [0.1, 0.15) is 5.75 Å². The molecule has 0 fully saturated rings. The molecule has 4 aromatic rings. The lowest BCUT2D eigenvalue weighted by molar-refractivity contribution is 0.238. The van der Waals surface area contributed by atoms with Crippen molar-refractivity contribution in [2.75, 3.05) is 11.9 Å². The summed E-state index contributed by atoms with van der Waals surface area (Å²) < 4.78 is 0. The van der Waals surface area contributed by atoms with Crippen molar-refractivity contribution in [2.24, 2.45) is 0 Å². The molecule has 8 heteroatoms. The van der Waals surface area contributed by atoms with E-state index in [0.717, 1.165) is 34.6 Å². The van der Waals surface area contributed by atoms with Crippen LogP contribution < -0.4 is 10.6 Å². The van der Waals surface area contributed by atoms with Gasteiger partial charge in [0.15, 0.2) is 5.11 Å². The molecule has 0 saturated heterocycles. The van der Waals surface area contributed by atoms with Gasteiger partial charge in [0.05, 0.1) is 23.3 Å². The Kier molecular flexibility index (Phi) is 8.69. The normalized spacial score (nSPS) is 10.8. The van der Waals surface area contributed by atoms with Crippen molar-refractivity contribution in [3.8, 4) is 5.75 Å². The molecule has 3 aromatic heterocycles. The van der Waals surface area contributed by atoms with Gasteiger partial charge in [0.25, 0.3) is 0 Å². The molecule has 0 radical (unpaired) electrons. The van der Waals surface area contributed by atoms with Gasteiger partial charge in [0.2, 0.25) is 0 Å². The minimum Gasteiger partial charge on any atom is -0.508 e. The average molecular weight is 485 g/mol. The Hall–Kier alpha value is -3.88. The van der Waals surface area contributed by atoms with Crippen molar-refractivity contribution in [3.63, 3.8) is 0 Å². The van der Waals surface area contributed by atoms with Crippen molar-refractivity contribution in [1.82, 2.24) is 25.2 Å². The summed E-state index contributed by atoms with van der Waals surface area (Å²) in [5.41, 5.74) is 4.77.